The van der Waals surface area contributed by atoms with E-state index in [9.17, 15) is 0 Å². The van der Waals surface area contributed by atoms with Gasteiger partial charge in [-0.2, -0.15) is 0 Å². The van der Waals surface area contributed by atoms with Gasteiger partial charge in [0.1, 0.15) is 0 Å². The summed E-state index contributed by atoms with van der Waals surface area (Å²) in [7, 11) is 0. The lowest BCUT2D eigenvalue weighted by molar-refractivity contribution is 0.363. The molecule has 4 unspecified atom stereocenters. The number of hydrogen-bond acceptors (Lipinski definition) is 3. The molecule has 88 valence electrons. The molecule has 2 saturated heterocycles. The van der Waals surface area contributed by atoms with Crippen molar-refractivity contribution >= 4 is 45.5 Å². The number of rotatable bonds is 2. The molecule has 0 aromatic rings. The molecular weight excluding hydrogens is 416 g/mol. The number of nitrogens with one attached hydrogen (secondary N) is 1. The third-order valence-corrected chi connectivity index (χ3v) is 5.75. The van der Waals surface area contributed by atoms with Gasteiger partial charge in [0.2, 0.25) is 0 Å². The average molecular weight is 435 g/mol. The maximum atomic E-state index is 6.00. The maximum absolute atomic E-state index is 6.00. The molecule has 0 amide bonds. The Morgan fingerprint density at radius 2 is 2.20 bits per heavy atom. The molecule has 3 nitrogen and oxygen atoms in total. The Bertz CT molecular complexity index is 225. The first kappa shape index (κ1) is 12.8. The van der Waals surface area contributed by atoms with Gasteiger partial charge in [-0.25, -0.2) is 3.11 Å². The van der Waals surface area contributed by atoms with Crippen LogP contribution in [0.15, 0.2) is 0 Å². The molecule has 0 spiro atoms. The number of nitrogens with two attached hydrogens (primary N) is 1. The molecule has 2 aliphatic rings. The van der Waals surface area contributed by atoms with E-state index in [1.165, 1.54) is 13.0 Å². The van der Waals surface area contributed by atoms with E-state index in [1.54, 1.807) is 0 Å². The lowest BCUT2D eigenvalue weighted by Gasteiger charge is -2.24. The number of alkyl halides is 1. The first-order valence-electron chi connectivity index (χ1n) is 5.63. The van der Waals surface area contributed by atoms with E-state index in [1.807, 2.05) is 0 Å². The Hall–Kier alpha value is 1.34. The molecule has 5 heteroatoms. The number of hydrogen-bond donors (Lipinski definition) is 2. The predicted molar refractivity (Wildman–Crippen MR) is 80.5 cm³/mol. The summed E-state index contributed by atoms with van der Waals surface area (Å²) in [6.45, 7) is 4.55. The third-order valence-electron chi connectivity index (χ3n) is 3.63. The van der Waals surface area contributed by atoms with Crippen molar-refractivity contribution in [1.82, 2.24) is 8.43 Å². The fourth-order valence-electron chi connectivity index (χ4n) is 2.66. The van der Waals surface area contributed by atoms with Crippen molar-refractivity contribution in [3.63, 3.8) is 0 Å². The maximum Gasteiger partial charge on any atom is 0.0363 e. The fourth-order valence-corrected chi connectivity index (χ4v) is 4.33. The predicted octanol–water partition coefficient (Wildman–Crippen LogP) is 1.54. The van der Waals surface area contributed by atoms with Crippen molar-refractivity contribution in [1.29, 1.82) is 0 Å². The van der Waals surface area contributed by atoms with Crippen LogP contribution >= 0.6 is 45.5 Å². The summed E-state index contributed by atoms with van der Waals surface area (Å²) in [5, 5.41) is 3.67. The van der Waals surface area contributed by atoms with Crippen LogP contribution in [0.5, 0.6) is 0 Å². The van der Waals surface area contributed by atoms with Crippen LogP contribution in [0.3, 0.4) is 0 Å². The molecule has 3 N–H and O–H groups in total. The van der Waals surface area contributed by atoms with Crippen LogP contribution in [-0.4, -0.2) is 38.3 Å². The van der Waals surface area contributed by atoms with Crippen molar-refractivity contribution in [2.45, 2.75) is 41.8 Å². The van der Waals surface area contributed by atoms with E-state index in [0.29, 0.717) is 18.1 Å². The largest absolute Gasteiger partial charge is 0.326 e. The van der Waals surface area contributed by atoms with E-state index in [4.69, 9.17) is 5.73 Å². The normalized spacial score (nSPS) is 44.8. The highest BCUT2D eigenvalue weighted by atomic mass is 127. The second-order valence-corrected chi connectivity index (χ2v) is 8.04. The summed E-state index contributed by atoms with van der Waals surface area (Å²) >= 11 is 4.98. The molecule has 0 bridgehead atoms. The van der Waals surface area contributed by atoms with Gasteiger partial charge < -0.3 is 11.1 Å². The van der Waals surface area contributed by atoms with Crippen LogP contribution in [0, 0.1) is 5.92 Å². The lowest BCUT2D eigenvalue weighted by Crippen LogP contribution is -2.39. The molecule has 0 aliphatic carbocycles. The fraction of sp³-hybridized carbons (Fsp3) is 1.00. The number of halogens is 2. The molecule has 0 radical (unpaired) electrons. The summed E-state index contributed by atoms with van der Waals surface area (Å²) < 4.78 is 3.18. The van der Waals surface area contributed by atoms with Gasteiger partial charge in [-0.15, -0.1) is 0 Å². The van der Waals surface area contributed by atoms with Gasteiger partial charge >= 0.3 is 0 Å². The second-order valence-electron chi connectivity index (χ2n) is 4.83. The molecule has 5 atom stereocenters. The summed E-state index contributed by atoms with van der Waals surface area (Å²) in [4.78, 5) is 0. The quantitative estimate of drug-likeness (QED) is 0.393. The van der Waals surface area contributed by atoms with E-state index in [2.05, 4.69) is 60.8 Å². The van der Waals surface area contributed by atoms with Gasteiger partial charge in [-0.1, -0.05) is 29.5 Å². The molecule has 15 heavy (non-hydrogen) atoms. The van der Waals surface area contributed by atoms with Crippen molar-refractivity contribution in [2.24, 2.45) is 11.7 Å². The van der Waals surface area contributed by atoms with Crippen molar-refractivity contribution in [3.05, 3.63) is 0 Å². The Balaban J connectivity index is 1.90. The Labute approximate surface area is 120 Å². The molecule has 2 fully saturated rings. The van der Waals surface area contributed by atoms with Gasteiger partial charge in [0.25, 0.3) is 0 Å². The van der Waals surface area contributed by atoms with Gasteiger partial charge in [-0.05, 0) is 25.3 Å². The summed E-state index contributed by atoms with van der Waals surface area (Å²) in [5.41, 5.74) is 6.00. The summed E-state index contributed by atoms with van der Waals surface area (Å²) in [6.07, 6.45) is 2.48. The Morgan fingerprint density at radius 3 is 2.67 bits per heavy atom. The summed E-state index contributed by atoms with van der Waals surface area (Å²) in [5.74, 6) is 0.845. The molecule has 2 heterocycles. The summed E-state index contributed by atoms with van der Waals surface area (Å²) in [6, 6.07) is 1.70. The van der Waals surface area contributed by atoms with E-state index in [0.717, 1.165) is 22.8 Å². The van der Waals surface area contributed by atoms with Crippen molar-refractivity contribution < 1.29 is 0 Å². The minimum absolute atomic E-state index is 0.379. The van der Waals surface area contributed by atoms with Crippen LogP contribution in [0.25, 0.3) is 0 Å². The monoisotopic (exact) mass is 435 g/mol. The third kappa shape index (κ3) is 2.97. The first-order chi connectivity index (χ1) is 7.08. The smallest absolute Gasteiger partial charge is 0.0363 e. The van der Waals surface area contributed by atoms with Crippen LogP contribution in [-0.2, 0) is 0 Å². The molecule has 2 rings (SSSR count). The van der Waals surface area contributed by atoms with Crippen LogP contribution in [0.2, 0.25) is 0 Å². The van der Waals surface area contributed by atoms with Gasteiger partial charge in [0, 0.05) is 51.5 Å². The van der Waals surface area contributed by atoms with Crippen molar-refractivity contribution in [2.75, 3.05) is 13.1 Å². The first-order valence-corrected chi connectivity index (χ1v) is 7.84. The average Bonchev–Trinajstić information content (AvgIpc) is 2.71. The highest BCUT2D eigenvalue weighted by Crippen LogP contribution is 2.31. The van der Waals surface area contributed by atoms with Crippen LogP contribution < -0.4 is 11.1 Å². The van der Waals surface area contributed by atoms with E-state index < -0.39 is 0 Å². The van der Waals surface area contributed by atoms with Gasteiger partial charge in [-0.3, -0.25) is 0 Å². The molecule has 0 saturated carbocycles. The van der Waals surface area contributed by atoms with Crippen LogP contribution in [0.1, 0.15) is 19.8 Å². The SMILES string of the molecule is CC(I)[C@@H]1CNC(C2CC(N)CN2I)C1. The highest BCUT2D eigenvalue weighted by Gasteiger charge is 2.39. The van der Waals surface area contributed by atoms with E-state index in [-0.39, 0.29) is 0 Å². The Kier molecular flexibility index (Phi) is 4.54. The van der Waals surface area contributed by atoms with Gasteiger partial charge in [0.05, 0.1) is 0 Å². The van der Waals surface area contributed by atoms with E-state index >= 15 is 0 Å². The van der Waals surface area contributed by atoms with Gasteiger partial charge in [0.15, 0.2) is 0 Å². The standard InChI is InChI=1S/C10H19I2N3/c1-6(11)7-2-9(14-4-7)10-3-8(13)5-15(10)12/h6-10,14H,2-5,13H2,1H3/t6?,7-,8?,9?,10?/m0/s1. The molecule has 0 aromatic carbocycles. The topological polar surface area (TPSA) is 41.3 Å². The lowest BCUT2D eigenvalue weighted by atomic mass is 9.97. The zero-order chi connectivity index (χ0) is 11.0. The zero-order valence-electron chi connectivity index (χ0n) is 9.00. The molecule has 2 aliphatic heterocycles. The second kappa shape index (κ2) is 5.32. The molecule has 0 aromatic heterocycles. The molecular formula is C10H19I2N3. The number of nitrogens with zero attached hydrogens (tertiary/aromatic N) is 1. The van der Waals surface area contributed by atoms with Crippen LogP contribution in [0.4, 0.5) is 0 Å². The van der Waals surface area contributed by atoms with Crippen molar-refractivity contribution in [3.8, 4) is 0 Å². The highest BCUT2D eigenvalue weighted by molar-refractivity contribution is 14.1. The Morgan fingerprint density at radius 1 is 1.47 bits per heavy atom. The minimum atomic E-state index is 0.379. The minimum Gasteiger partial charge on any atom is -0.326 e. The zero-order valence-corrected chi connectivity index (χ0v) is 13.3.